The highest BCUT2D eigenvalue weighted by molar-refractivity contribution is 5.85. The fourth-order valence-corrected chi connectivity index (χ4v) is 0.633. The van der Waals surface area contributed by atoms with Gasteiger partial charge in [0.1, 0.15) is 12.2 Å². The molecule has 0 fully saturated rings. The summed E-state index contributed by atoms with van der Waals surface area (Å²) in [4.78, 5) is 3.55. The molecule has 70 valence electrons. The fourth-order valence-electron chi connectivity index (χ4n) is 0.633. The molecule has 0 amide bonds. The first-order valence-corrected chi connectivity index (χ1v) is 3.06. The Labute approximate surface area is 74.0 Å². The Kier molecular flexibility index (Phi) is 4.05. The number of hydrogen-bond acceptors (Lipinski definition) is 3. The molecule has 1 aromatic rings. The van der Waals surface area contributed by atoms with Gasteiger partial charge in [0.2, 0.25) is 0 Å². The van der Waals surface area contributed by atoms with Crippen LogP contribution in [-0.2, 0) is 6.42 Å². The number of halogens is 3. The lowest BCUT2D eigenvalue weighted by Crippen LogP contribution is -2.30. The van der Waals surface area contributed by atoms with E-state index < -0.39 is 18.9 Å². The van der Waals surface area contributed by atoms with E-state index in [1.165, 1.54) is 6.33 Å². The van der Waals surface area contributed by atoms with Gasteiger partial charge in [-0.1, -0.05) is 0 Å². The van der Waals surface area contributed by atoms with Gasteiger partial charge in [0, 0.05) is 0 Å². The zero-order valence-corrected chi connectivity index (χ0v) is 6.94. The van der Waals surface area contributed by atoms with E-state index in [1.54, 1.807) is 0 Å². The number of aromatic amines is 1. The summed E-state index contributed by atoms with van der Waals surface area (Å²) >= 11 is 0. The minimum atomic E-state index is -2.89. The molecular formula is C5H9ClF2N4. The van der Waals surface area contributed by atoms with E-state index in [9.17, 15) is 8.78 Å². The van der Waals surface area contributed by atoms with Crippen molar-refractivity contribution in [1.82, 2.24) is 15.2 Å². The Bertz CT molecular complexity index is 213. The third-order valence-electron chi connectivity index (χ3n) is 1.19. The van der Waals surface area contributed by atoms with Crippen LogP contribution in [0, 0.1) is 0 Å². The summed E-state index contributed by atoms with van der Waals surface area (Å²) < 4.78 is 25.0. The quantitative estimate of drug-likeness (QED) is 0.737. The highest BCUT2D eigenvalue weighted by atomic mass is 35.5. The molecule has 0 aliphatic heterocycles. The summed E-state index contributed by atoms with van der Waals surface area (Å²) in [6.45, 7) is -0.673. The SMILES string of the molecule is Cl.NCC(F)(F)Cc1ncn[nH]1. The van der Waals surface area contributed by atoms with Crippen molar-refractivity contribution in [3.05, 3.63) is 12.2 Å². The summed E-state index contributed by atoms with van der Waals surface area (Å²) in [6, 6.07) is 0. The molecule has 0 aliphatic carbocycles. The molecule has 0 saturated carbocycles. The van der Waals surface area contributed by atoms with E-state index in [-0.39, 0.29) is 18.2 Å². The van der Waals surface area contributed by atoms with Crippen molar-refractivity contribution in [3.8, 4) is 0 Å². The summed E-state index contributed by atoms with van der Waals surface area (Å²) in [6.07, 6.45) is 0.700. The molecule has 7 heteroatoms. The number of rotatable bonds is 3. The van der Waals surface area contributed by atoms with Gasteiger partial charge in [-0.25, -0.2) is 13.8 Å². The lowest BCUT2D eigenvalue weighted by molar-refractivity contribution is 0.00959. The highest BCUT2D eigenvalue weighted by Crippen LogP contribution is 2.15. The van der Waals surface area contributed by atoms with Crippen LogP contribution >= 0.6 is 12.4 Å². The number of nitrogens with one attached hydrogen (secondary N) is 1. The second-order valence-corrected chi connectivity index (χ2v) is 2.17. The summed E-state index contributed by atoms with van der Waals surface area (Å²) in [5, 5.41) is 5.76. The highest BCUT2D eigenvalue weighted by Gasteiger charge is 2.28. The van der Waals surface area contributed by atoms with E-state index in [0.717, 1.165) is 0 Å². The number of aromatic nitrogens is 3. The lowest BCUT2D eigenvalue weighted by atomic mass is 10.2. The van der Waals surface area contributed by atoms with Crippen molar-refractivity contribution in [2.75, 3.05) is 6.54 Å². The summed E-state index contributed by atoms with van der Waals surface area (Å²) in [5.41, 5.74) is 4.81. The van der Waals surface area contributed by atoms with Crippen LogP contribution in [0.1, 0.15) is 5.82 Å². The van der Waals surface area contributed by atoms with Crippen molar-refractivity contribution in [1.29, 1.82) is 0 Å². The summed E-state index contributed by atoms with van der Waals surface area (Å²) in [7, 11) is 0. The Morgan fingerprint density at radius 1 is 1.58 bits per heavy atom. The Morgan fingerprint density at radius 3 is 2.67 bits per heavy atom. The third-order valence-corrected chi connectivity index (χ3v) is 1.19. The van der Waals surface area contributed by atoms with Crippen LogP contribution < -0.4 is 5.73 Å². The molecule has 1 rings (SSSR count). The Morgan fingerprint density at radius 2 is 2.25 bits per heavy atom. The third kappa shape index (κ3) is 3.10. The van der Waals surface area contributed by atoms with Crippen LogP contribution in [0.15, 0.2) is 6.33 Å². The molecule has 0 unspecified atom stereocenters. The molecule has 0 saturated heterocycles. The van der Waals surface area contributed by atoms with Crippen LogP contribution in [0.4, 0.5) is 8.78 Å². The zero-order chi connectivity index (χ0) is 8.32. The van der Waals surface area contributed by atoms with E-state index in [2.05, 4.69) is 15.2 Å². The number of nitrogens with two attached hydrogens (primary N) is 1. The average molecular weight is 199 g/mol. The molecule has 0 bridgehead atoms. The van der Waals surface area contributed by atoms with Gasteiger partial charge < -0.3 is 5.73 Å². The van der Waals surface area contributed by atoms with E-state index in [1.807, 2.05) is 0 Å². The largest absolute Gasteiger partial charge is 0.325 e. The van der Waals surface area contributed by atoms with Gasteiger partial charge in [0.25, 0.3) is 5.92 Å². The van der Waals surface area contributed by atoms with Crippen molar-refractivity contribution in [3.63, 3.8) is 0 Å². The minimum Gasteiger partial charge on any atom is -0.325 e. The van der Waals surface area contributed by atoms with Crippen LogP contribution in [0.5, 0.6) is 0 Å². The van der Waals surface area contributed by atoms with E-state index >= 15 is 0 Å². The summed E-state index contributed by atoms with van der Waals surface area (Å²) in [5.74, 6) is -2.74. The molecule has 0 aliphatic rings. The monoisotopic (exact) mass is 198 g/mol. The molecule has 0 atom stereocenters. The molecule has 0 aromatic carbocycles. The van der Waals surface area contributed by atoms with Gasteiger partial charge >= 0.3 is 0 Å². The van der Waals surface area contributed by atoms with Crippen LogP contribution in [0.2, 0.25) is 0 Å². The van der Waals surface area contributed by atoms with Gasteiger partial charge in [0.05, 0.1) is 13.0 Å². The smallest absolute Gasteiger partial charge is 0.267 e. The van der Waals surface area contributed by atoms with Crippen LogP contribution in [0.3, 0.4) is 0 Å². The van der Waals surface area contributed by atoms with Crippen molar-refractivity contribution >= 4 is 12.4 Å². The number of nitrogens with zero attached hydrogens (tertiary/aromatic N) is 2. The first kappa shape index (κ1) is 11.2. The predicted molar refractivity (Wildman–Crippen MR) is 41.3 cm³/mol. The second-order valence-electron chi connectivity index (χ2n) is 2.17. The first-order valence-electron chi connectivity index (χ1n) is 3.06. The van der Waals surface area contributed by atoms with Gasteiger partial charge in [-0.05, 0) is 0 Å². The molecular weight excluding hydrogens is 190 g/mol. The lowest BCUT2D eigenvalue weighted by Gasteiger charge is -2.10. The van der Waals surface area contributed by atoms with Crippen LogP contribution in [-0.4, -0.2) is 27.6 Å². The minimum absolute atomic E-state index is 0. The molecule has 3 N–H and O–H groups in total. The van der Waals surface area contributed by atoms with E-state index in [4.69, 9.17) is 5.73 Å². The number of alkyl halides is 2. The second kappa shape index (κ2) is 4.32. The molecule has 12 heavy (non-hydrogen) atoms. The average Bonchev–Trinajstić information content (AvgIpc) is 2.39. The van der Waals surface area contributed by atoms with E-state index in [0.29, 0.717) is 0 Å². The van der Waals surface area contributed by atoms with Crippen molar-refractivity contribution in [2.24, 2.45) is 5.73 Å². The van der Waals surface area contributed by atoms with Gasteiger partial charge in [0.15, 0.2) is 0 Å². The maximum absolute atomic E-state index is 12.5. The maximum Gasteiger partial charge on any atom is 0.267 e. The fraction of sp³-hybridized carbons (Fsp3) is 0.600. The van der Waals surface area contributed by atoms with Gasteiger partial charge in [-0.2, -0.15) is 5.10 Å². The first-order chi connectivity index (χ1) is 5.14. The Hall–Kier alpha value is -0.750. The molecule has 0 spiro atoms. The molecule has 4 nitrogen and oxygen atoms in total. The molecule has 1 heterocycles. The zero-order valence-electron chi connectivity index (χ0n) is 6.13. The predicted octanol–water partition coefficient (Wildman–Crippen LogP) is 0.363. The van der Waals surface area contributed by atoms with Crippen LogP contribution in [0.25, 0.3) is 0 Å². The Balaban J connectivity index is 0.00000121. The maximum atomic E-state index is 12.5. The topological polar surface area (TPSA) is 67.6 Å². The molecule has 0 radical (unpaired) electrons. The normalized spacial score (nSPS) is 10.9. The van der Waals surface area contributed by atoms with Gasteiger partial charge in [-0.15, -0.1) is 12.4 Å². The van der Waals surface area contributed by atoms with Gasteiger partial charge in [-0.3, -0.25) is 5.10 Å². The van der Waals surface area contributed by atoms with Crippen molar-refractivity contribution in [2.45, 2.75) is 12.3 Å². The van der Waals surface area contributed by atoms with Crippen molar-refractivity contribution < 1.29 is 8.78 Å². The number of H-pyrrole nitrogens is 1. The molecule has 1 aromatic heterocycles. The number of hydrogen-bond donors (Lipinski definition) is 2. The standard InChI is InChI=1S/C5H8F2N4.ClH/c6-5(7,2-8)1-4-9-3-10-11-4;/h3H,1-2,8H2,(H,9,10,11);1H.